The van der Waals surface area contributed by atoms with Crippen LogP contribution >= 0.6 is 11.6 Å². The van der Waals surface area contributed by atoms with Crippen LogP contribution in [0.15, 0.2) is 18.2 Å². The molecule has 3 unspecified atom stereocenters. The number of rotatable bonds is 6. The van der Waals surface area contributed by atoms with Gasteiger partial charge in [-0.25, -0.2) is 0 Å². The van der Waals surface area contributed by atoms with Crippen LogP contribution in [0.25, 0.3) is 0 Å². The molecule has 1 saturated carbocycles. The molecular formula is C15H21ClN2O3. The summed E-state index contributed by atoms with van der Waals surface area (Å²) in [6.45, 7) is 7.26. The van der Waals surface area contributed by atoms with Gasteiger partial charge in [0.2, 0.25) is 0 Å². The van der Waals surface area contributed by atoms with Crippen LogP contribution in [0.3, 0.4) is 0 Å². The van der Waals surface area contributed by atoms with Gasteiger partial charge in [0.25, 0.3) is 0 Å². The van der Waals surface area contributed by atoms with E-state index < -0.39 is 4.92 Å². The minimum atomic E-state index is -0.435. The maximum Gasteiger partial charge on any atom is 0.311 e. The van der Waals surface area contributed by atoms with Crippen molar-refractivity contribution >= 4 is 17.3 Å². The molecule has 0 aromatic heterocycles. The van der Waals surface area contributed by atoms with Crippen LogP contribution in [-0.4, -0.2) is 23.6 Å². The van der Waals surface area contributed by atoms with Gasteiger partial charge in [-0.1, -0.05) is 32.4 Å². The molecule has 1 aliphatic carbocycles. The van der Waals surface area contributed by atoms with E-state index in [4.69, 9.17) is 16.3 Å². The van der Waals surface area contributed by atoms with Crippen LogP contribution < -0.4 is 10.1 Å². The second kappa shape index (κ2) is 6.20. The van der Waals surface area contributed by atoms with Crippen molar-refractivity contribution in [2.75, 3.05) is 6.54 Å². The molecule has 0 spiro atoms. The molecule has 0 bridgehead atoms. The Morgan fingerprint density at radius 3 is 2.81 bits per heavy atom. The molecule has 116 valence electrons. The van der Waals surface area contributed by atoms with Crippen LogP contribution in [-0.2, 0) is 0 Å². The van der Waals surface area contributed by atoms with Crippen LogP contribution in [0.5, 0.6) is 5.75 Å². The molecular weight excluding hydrogens is 292 g/mol. The van der Waals surface area contributed by atoms with Gasteiger partial charge >= 0.3 is 5.69 Å². The molecule has 0 aliphatic heterocycles. The average molecular weight is 313 g/mol. The molecule has 0 amide bonds. The Balaban J connectivity index is 2.19. The number of benzene rings is 1. The number of nitro benzene ring substituents is 1. The van der Waals surface area contributed by atoms with Crippen molar-refractivity contribution in [2.45, 2.75) is 45.8 Å². The van der Waals surface area contributed by atoms with Crippen molar-refractivity contribution in [1.82, 2.24) is 5.32 Å². The number of hydrogen-bond acceptors (Lipinski definition) is 4. The lowest BCUT2D eigenvalue weighted by Crippen LogP contribution is -2.63. The van der Waals surface area contributed by atoms with Crippen molar-refractivity contribution in [1.29, 1.82) is 0 Å². The van der Waals surface area contributed by atoms with Crippen LogP contribution in [0, 0.1) is 15.5 Å². The van der Waals surface area contributed by atoms with Gasteiger partial charge in [-0.15, -0.1) is 0 Å². The lowest BCUT2D eigenvalue weighted by atomic mass is 9.61. The second-order valence-electron chi connectivity index (χ2n) is 5.68. The predicted molar refractivity (Wildman–Crippen MR) is 83.0 cm³/mol. The van der Waals surface area contributed by atoms with Gasteiger partial charge in [-0.3, -0.25) is 10.1 Å². The Kier molecular flexibility index (Phi) is 4.74. The van der Waals surface area contributed by atoms with E-state index in [2.05, 4.69) is 26.1 Å². The van der Waals surface area contributed by atoms with Crippen molar-refractivity contribution < 1.29 is 9.66 Å². The van der Waals surface area contributed by atoms with Gasteiger partial charge in [0.15, 0.2) is 5.75 Å². The summed E-state index contributed by atoms with van der Waals surface area (Å²) in [5.41, 5.74) is -0.0589. The highest BCUT2D eigenvalue weighted by molar-refractivity contribution is 6.30. The zero-order valence-corrected chi connectivity index (χ0v) is 13.3. The largest absolute Gasteiger partial charge is 0.483 e. The number of nitro groups is 1. The number of hydrogen-bond donors (Lipinski definition) is 1. The Morgan fingerprint density at radius 1 is 1.52 bits per heavy atom. The van der Waals surface area contributed by atoms with Crippen molar-refractivity contribution in [3.05, 3.63) is 33.3 Å². The van der Waals surface area contributed by atoms with E-state index in [1.807, 2.05) is 0 Å². The highest BCUT2D eigenvalue weighted by Gasteiger charge is 2.52. The van der Waals surface area contributed by atoms with Gasteiger partial charge in [-0.05, 0) is 19.0 Å². The molecule has 0 radical (unpaired) electrons. The topological polar surface area (TPSA) is 64.4 Å². The lowest BCUT2D eigenvalue weighted by molar-refractivity contribution is -0.386. The molecule has 1 aromatic rings. The zero-order valence-electron chi connectivity index (χ0n) is 12.6. The Labute approximate surface area is 129 Å². The highest BCUT2D eigenvalue weighted by atomic mass is 35.5. The van der Waals surface area contributed by atoms with Crippen molar-refractivity contribution in [3.63, 3.8) is 0 Å². The van der Waals surface area contributed by atoms with E-state index in [0.717, 1.165) is 19.4 Å². The molecule has 1 aliphatic rings. The fourth-order valence-corrected chi connectivity index (χ4v) is 3.08. The third-order valence-electron chi connectivity index (χ3n) is 4.58. The average Bonchev–Trinajstić information content (AvgIpc) is 2.45. The molecule has 5 nitrogen and oxygen atoms in total. The summed E-state index contributed by atoms with van der Waals surface area (Å²) in [5.74, 6) is 0.257. The molecule has 21 heavy (non-hydrogen) atoms. The van der Waals surface area contributed by atoms with E-state index in [0.29, 0.717) is 11.1 Å². The smallest absolute Gasteiger partial charge is 0.311 e. The van der Waals surface area contributed by atoms with E-state index in [1.165, 1.54) is 18.2 Å². The SMILES string of the molecule is CCNC1CC(Oc2cc(Cl)ccc2[N+](=O)[O-])C1(C)CC. The minimum Gasteiger partial charge on any atom is -0.483 e. The third-order valence-corrected chi connectivity index (χ3v) is 4.82. The highest BCUT2D eigenvalue weighted by Crippen LogP contribution is 2.47. The lowest BCUT2D eigenvalue weighted by Gasteiger charge is -2.53. The molecule has 2 rings (SSSR count). The fourth-order valence-electron chi connectivity index (χ4n) is 2.92. The molecule has 1 fully saturated rings. The van der Waals surface area contributed by atoms with Crippen LogP contribution in [0.1, 0.15) is 33.6 Å². The first-order valence-electron chi connectivity index (χ1n) is 7.26. The van der Waals surface area contributed by atoms with Gasteiger partial charge in [0.1, 0.15) is 6.10 Å². The van der Waals surface area contributed by atoms with E-state index in [1.54, 1.807) is 0 Å². The van der Waals surface area contributed by atoms with Gasteiger partial charge in [-0.2, -0.15) is 0 Å². The Morgan fingerprint density at radius 2 is 2.24 bits per heavy atom. The van der Waals surface area contributed by atoms with Crippen molar-refractivity contribution in [2.24, 2.45) is 5.41 Å². The molecule has 1 aromatic carbocycles. The first kappa shape index (κ1) is 16.0. The normalized spacial score (nSPS) is 28.0. The van der Waals surface area contributed by atoms with E-state index in [-0.39, 0.29) is 23.0 Å². The van der Waals surface area contributed by atoms with Gasteiger partial charge in [0, 0.05) is 35.0 Å². The number of halogens is 1. The quantitative estimate of drug-likeness (QED) is 0.641. The Hall–Kier alpha value is -1.33. The zero-order chi connectivity index (χ0) is 15.6. The van der Waals surface area contributed by atoms with E-state index in [9.17, 15) is 10.1 Å². The molecule has 0 saturated heterocycles. The number of nitrogens with one attached hydrogen (secondary N) is 1. The monoisotopic (exact) mass is 312 g/mol. The standard InChI is InChI=1S/C15H21ClN2O3/c1-4-15(3)13(17-5-2)9-14(15)21-12-8-10(16)6-7-11(12)18(19)20/h6-8,13-14,17H,4-5,9H2,1-3H3. The number of ether oxygens (including phenoxy) is 1. The maximum absolute atomic E-state index is 11.1. The summed E-state index contributed by atoms with van der Waals surface area (Å²) in [5, 5.41) is 15.0. The third kappa shape index (κ3) is 2.99. The summed E-state index contributed by atoms with van der Waals surface area (Å²) in [6.07, 6.45) is 1.76. The minimum absolute atomic E-state index is 0.0216. The summed E-state index contributed by atoms with van der Waals surface area (Å²) in [4.78, 5) is 10.7. The van der Waals surface area contributed by atoms with Gasteiger partial charge < -0.3 is 10.1 Å². The summed E-state index contributed by atoms with van der Waals surface area (Å²) < 4.78 is 5.94. The predicted octanol–water partition coefficient (Wildman–Crippen LogP) is 3.79. The first-order valence-corrected chi connectivity index (χ1v) is 7.64. The maximum atomic E-state index is 11.1. The second-order valence-corrected chi connectivity index (χ2v) is 6.12. The summed E-state index contributed by atoms with van der Waals surface area (Å²) >= 11 is 5.93. The molecule has 6 heteroatoms. The van der Waals surface area contributed by atoms with Crippen LogP contribution in [0.2, 0.25) is 5.02 Å². The number of nitrogens with zero attached hydrogens (tertiary/aromatic N) is 1. The van der Waals surface area contributed by atoms with Crippen LogP contribution in [0.4, 0.5) is 5.69 Å². The Bertz CT molecular complexity index is 538. The molecule has 3 atom stereocenters. The first-order chi connectivity index (χ1) is 9.92. The van der Waals surface area contributed by atoms with E-state index >= 15 is 0 Å². The molecule has 1 N–H and O–H groups in total. The summed E-state index contributed by atoms with van der Waals surface area (Å²) in [6, 6.07) is 4.81. The van der Waals surface area contributed by atoms with Crippen molar-refractivity contribution in [3.8, 4) is 5.75 Å². The molecule has 0 heterocycles. The fraction of sp³-hybridized carbons (Fsp3) is 0.600. The summed E-state index contributed by atoms with van der Waals surface area (Å²) in [7, 11) is 0. The van der Waals surface area contributed by atoms with Gasteiger partial charge in [0.05, 0.1) is 4.92 Å².